The Hall–Kier alpha value is -2.38. The first-order valence-corrected chi connectivity index (χ1v) is 9.88. The summed E-state index contributed by atoms with van der Waals surface area (Å²) >= 11 is 3.19. The van der Waals surface area contributed by atoms with Crippen molar-refractivity contribution in [3.63, 3.8) is 0 Å². The zero-order chi connectivity index (χ0) is 21.4. The first-order chi connectivity index (χ1) is 13.7. The van der Waals surface area contributed by atoms with Gasteiger partial charge >= 0.3 is 5.97 Å². The third kappa shape index (κ3) is 7.87. The van der Waals surface area contributed by atoms with E-state index in [0.29, 0.717) is 15.8 Å². The van der Waals surface area contributed by atoms with E-state index < -0.39 is 17.9 Å². The second-order valence-electron chi connectivity index (χ2n) is 6.77. The van der Waals surface area contributed by atoms with Gasteiger partial charge < -0.3 is 19.3 Å². The van der Waals surface area contributed by atoms with Gasteiger partial charge in [0.15, 0.2) is 17.7 Å². The lowest BCUT2D eigenvalue weighted by Gasteiger charge is -2.17. The Kier molecular flexibility index (Phi) is 8.67. The molecule has 0 aliphatic rings. The van der Waals surface area contributed by atoms with Crippen molar-refractivity contribution in [1.82, 2.24) is 0 Å². The number of carboxylic acids is 1. The van der Waals surface area contributed by atoms with Crippen LogP contribution in [0.5, 0.6) is 11.5 Å². The highest BCUT2D eigenvalue weighted by atomic mass is 79.9. The van der Waals surface area contributed by atoms with E-state index in [1.807, 2.05) is 6.07 Å². The van der Waals surface area contributed by atoms with Crippen LogP contribution >= 0.6 is 15.9 Å². The normalized spacial score (nSPS) is 11.9. The zero-order valence-electron chi connectivity index (χ0n) is 16.4. The average molecular weight is 467 g/mol. The number of benzene rings is 2. The fourth-order valence-electron chi connectivity index (χ4n) is 2.50. The van der Waals surface area contributed by atoms with Gasteiger partial charge in [0, 0.05) is 10.9 Å². The van der Waals surface area contributed by atoms with Gasteiger partial charge in [-0.05, 0) is 55.3 Å². The molecule has 0 amide bonds. The third-order valence-corrected chi connectivity index (χ3v) is 4.29. The molecule has 2 aromatic carbocycles. The van der Waals surface area contributed by atoms with Gasteiger partial charge in [-0.25, -0.2) is 9.18 Å². The van der Waals surface area contributed by atoms with Crippen LogP contribution in [0.2, 0.25) is 0 Å². The van der Waals surface area contributed by atoms with Gasteiger partial charge in [-0.2, -0.15) is 0 Å². The molecule has 29 heavy (non-hydrogen) atoms. The molecule has 2 aromatic rings. The molecule has 0 aromatic heterocycles. The monoisotopic (exact) mass is 466 g/mol. The summed E-state index contributed by atoms with van der Waals surface area (Å²) in [6, 6.07) is 11.7. The lowest BCUT2D eigenvalue weighted by Crippen LogP contribution is -2.29. The van der Waals surface area contributed by atoms with Gasteiger partial charge in [0.2, 0.25) is 0 Å². The Morgan fingerprint density at radius 2 is 1.90 bits per heavy atom. The Labute approximate surface area is 178 Å². The predicted molar refractivity (Wildman–Crippen MR) is 112 cm³/mol. The molecule has 0 aliphatic carbocycles. The van der Waals surface area contributed by atoms with Gasteiger partial charge in [-0.15, -0.1) is 0 Å². The molecule has 1 N–H and O–H groups in total. The lowest BCUT2D eigenvalue weighted by atomic mass is 10.1. The van der Waals surface area contributed by atoms with Crippen molar-refractivity contribution in [3.8, 4) is 11.5 Å². The van der Waals surface area contributed by atoms with Gasteiger partial charge in [-0.1, -0.05) is 34.6 Å². The molecule has 0 spiro atoms. The fraction of sp³-hybridized carbons (Fsp3) is 0.318. The first kappa shape index (κ1) is 22.9. The maximum Gasteiger partial charge on any atom is 0.333 e. The Bertz CT molecular complexity index is 853. The van der Waals surface area contributed by atoms with Gasteiger partial charge in [0.25, 0.3) is 0 Å². The van der Waals surface area contributed by atoms with Crippen molar-refractivity contribution in [2.45, 2.75) is 32.5 Å². The number of halogens is 2. The van der Waals surface area contributed by atoms with Crippen LogP contribution in [-0.4, -0.2) is 36.5 Å². The smallest absolute Gasteiger partial charge is 0.333 e. The largest absolute Gasteiger partial charge is 0.489 e. The van der Waals surface area contributed by atoms with Gasteiger partial charge in [-0.3, -0.25) is 0 Å². The molecule has 0 fully saturated rings. The molecule has 0 radical (unpaired) electrons. The Morgan fingerprint density at radius 1 is 1.17 bits per heavy atom. The van der Waals surface area contributed by atoms with Crippen molar-refractivity contribution in [3.05, 3.63) is 70.5 Å². The van der Waals surface area contributed by atoms with E-state index in [1.54, 1.807) is 38.1 Å². The van der Waals surface area contributed by atoms with Gasteiger partial charge in [0.1, 0.15) is 19.0 Å². The Morgan fingerprint density at radius 3 is 2.55 bits per heavy atom. The van der Waals surface area contributed by atoms with Crippen LogP contribution in [0.15, 0.2) is 59.1 Å². The number of hydrogen-bond donors (Lipinski definition) is 1. The maximum absolute atomic E-state index is 13.8. The summed E-state index contributed by atoms with van der Waals surface area (Å²) in [5, 5.41) is 9.31. The van der Waals surface area contributed by atoms with Crippen molar-refractivity contribution >= 4 is 21.9 Å². The fourth-order valence-corrected chi connectivity index (χ4v) is 2.83. The molecule has 0 saturated carbocycles. The molecule has 1 unspecified atom stereocenters. The molecule has 156 valence electrons. The van der Waals surface area contributed by atoms with E-state index in [4.69, 9.17) is 14.2 Å². The molecule has 0 aliphatic heterocycles. The van der Waals surface area contributed by atoms with Crippen LogP contribution in [0.25, 0.3) is 0 Å². The number of carbonyl (C=O) groups is 1. The van der Waals surface area contributed by atoms with Crippen LogP contribution in [0.1, 0.15) is 19.4 Å². The molecular formula is C22H24BrFO5. The maximum atomic E-state index is 13.8. The van der Waals surface area contributed by atoms with E-state index in [2.05, 4.69) is 22.5 Å². The summed E-state index contributed by atoms with van der Waals surface area (Å²) in [5.41, 5.74) is 1.42. The molecule has 0 saturated heterocycles. The zero-order valence-corrected chi connectivity index (χ0v) is 17.9. The highest BCUT2D eigenvalue weighted by molar-refractivity contribution is 9.10. The summed E-state index contributed by atoms with van der Waals surface area (Å²) in [6.45, 7) is 7.77. The van der Waals surface area contributed by atoms with Crippen LogP contribution in [0.4, 0.5) is 4.39 Å². The second kappa shape index (κ2) is 11.0. The number of carboxylic acid groups (broad SMARTS) is 1. The molecule has 5 nitrogen and oxygen atoms in total. The van der Waals surface area contributed by atoms with Crippen LogP contribution in [-0.2, 0) is 16.0 Å². The van der Waals surface area contributed by atoms with E-state index in [0.717, 1.165) is 5.56 Å². The van der Waals surface area contributed by atoms with Crippen LogP contribution < -0.4 is 9.47 Å². The number of ether oxygens (including phenoxy) is 3. The predicted octanol–water partition coefficient (Wildman–Crippen LogP) is 5.02. The second-order valence-corrected chi connectivity index (χ2v) is 7.68. The topological polar surface area (TPSA) is 65.0 Å². The summed E-state index contributed by atoms with van der Waals surface area (Å²) in [4.78, 5) is 11.4. The third-order valence-electron chi connectivity index (χ3n) is 3.80. The lowest BCUT2D eigenvalue weighted by molar-refractivity contribution is -0.153. The van der Waals surface area contributed by atoms with Crippen molar-refractivity contribution in [1.29, 1.82) is 0 Å². The minimum absolute atomic E-state index is 0.113. The summed E-state index contributed by atoms with van der Waals surface area (Å²) in [5.74, 6) is -0.749. The highest BCUT2D eigenvalue weighted by Crippen LogP contribution is 2.22. The van der Waals surface area contributed by atoms with E-state index in [1.165, 1.54) is 12.1 Å². The summed E-state index contributed by atoms with van der Waals surface area (Å²) < 4.78 is 31.0. The SMILES string of the molecule is C=C(COc1cccc(CC(OC(C)C)C(=O)O)c1)COc1ccc(Br)cc1F. The molecule has 1 atom stereocenters. The molecule has 0 heterocycles. The summed E-state index contributed by atoms with van der Waals surface area (Å²) in [7, 11) is 0. The van der Waals surface area contributed by atoms with Gasteiger partial charge in [0.05, 0.1) is 6.10 Å². The van der Waals surface area contributed by atoms with Crippen molar-refractivity contribution in [2.24, 2.45) is 0 Å². The molecule has 2 rings (SSSR count). The highest BCUT2D eigenvalue weighted by Gasteiger charge is 2.20. The summed E-state index contributed by atoms with van der Waals surface area (Å²) in [6.07, 6.45) is -0.874. The minimum atomic E-state index is -1.00. The quantitative estimate of drug-likeness (QED) is 0.470. The van der Waals surface area contributed by atoms with E-state index in [-0.39, 0.29) is 31.5 Å². The number of rotatable bonds is 11. The van der Waals surface area contributed by atoms with E-state index >= 15 is 0 Å². The average Bonchev–Trinajstić information content (AvgIpc) is 2.65. The molecule has 0 bridgehead atoms. The van der Waals surface area contributed by atoms with E-state index in [9.17, 15) is 14.3 Å². The standard InChI is InChI=1S/C22H24BrFO5/c1-14(2)29-21(22(25)26)10-16-5-4-6-18(9-16)27-12-15(3)13-28-20-8-7-17(23)11-19(20)24/h4-9,11,14,21H,3,10,12-13H2,1-2H3,(H,25,26). The number of aliphatic carboxylic acids is 1. The van der Waals surface area contributed by atoms with Crippen molar-refractivity contribution < 1.29 is 28.5 Å². The van der Waals surface area contributed by atoms with Crippen molar-refractivity contribution in [2.75, 3.05) is 13.2 Å². The molecule has 7 heteroatoms. The van der Waals surface area contributed by atoms with Crippen LogP contribution in [0.3, 0.4) is 0 Å². The minimum Gasteiger partial charge on any atom is -0.489 e. The Balaban J connectivity index is 1.87. The number of hydrogen-bond acceptors (Lipinski definition) is 4. The molecular weight excluding hydrogens is 443 g/mol. The first-order valence-electron chi connectivity index (χ1n) is 9.09. The van der Waals surface area contributed by atoms with Crippen LogP contribution in [0, 0.1) is 5.82 Å².